The first kappa shape index (κ1) is 21.8. The van der Waals surface area contributed by atoms with Gasteiger partial charge in [-0.3, -0.25) is 4.79 Å². The molecule has 2 fully saturated rings. The van der Waals surface area contributed by atoms with Crippen molar-refractivity contribution in [3.8, 4) is 11.5 Å². The standard InChI is InChI=1S/C24H30ClN3O3/c1-27-11-13-28(14-12-27)21-9-8-18(25)16-20(21)26-24(29)17-7-10-22(23(15-17)30-2)31-19-5-3-4-6-19/h7-10,15-16,19H,3-6,11-14H2,1-2H3,(H,26,29). The second-order valence-corrected chi connectivity index (χ2v) is 8.73. The molecule has 31 heavy (non-hydrogen) atoms. The summed E-state index contributed by atoms with van der Waals surface area (Å²) in [5.74, 6) is 1.06. The number of amides is 1. The number of benzene rings is 2. The van der Waals surface area contributed by atoms with Crippen molar-refractivity contribution in [3.63, 3.8) is 0 Å². The van der Waals surface area contributed by atoms with Crippen LogP contribution in [0.3, 0.4) is 0 Å². The van der Waals surface area contributed by atoms with Gasteiger partial charge in [0.05, 0.1) is 24.6 Å². The van der Waals surface area contributed by atoms with Crippen LogP contribution in [0.15, 0.2) is 36.4 Å². The Hall–Kier alpha value is -2.44. The van der Waals surface area contributed by atoms with Crippen molar-refractivity contribution >= 4 is 28.9 Å². The molecule has 1 aliphatic heterocycles. The predicted octanol–water partition coefficient (Wildman–Crippen LogP) is 4.67. The molecule has 0 atom stereocenters. The van der Waals surface area contributed by atoms with Crippen LogP contribution >= 0.6 is 11.6 Å². The zero-order valence-electron chi connectivity index (χ0n) is 18.2. The first-order chi connectivity index (χ1) is 15.0. The topological polar surface area (TPSA) is 54.0 Å². The minimum atomic E-state index is -0.205. The summed E-state index contributed by atoms with van der Waals surface area (Å²) in [5.41, 5.74) is 2.21. The largest absolute Gasteiger partial charge is 0.493 e. The number of rotatable bonds is 6. The van der Waals surface area contributed by atoms with E-state index in [2.05, 4.69) is 22.2 Å². The molecule has 4 rings (SSSR count). The second kappa shape index (κ2) is 9.79. The number of methoxy groups -OCH3 is 1. The van der Waals surface area contributed by atoms with E-state index < -0.39 is 0 Å². The molecule has 0 aromatic heterocycles. The fraction of sp³-hybridized carbons (Fsp3) is 0.458. The van der Waals surface area contributed by atoms with Crippen molar-refractivity contribution in [2.75, 3.05) is 50.6 Å². The Morgan fingerprint density at radius 1 is 1.03 bits per heavy atom. The highest BCUT2D eigenvalue weighted by atomic mass is 35.5. The van der Waals surface area contributed by atoms with Crippen molar-refractivity contribution in [2.45, 2.75) is 31.8 Å². The van der Waals surface area contributed by atoms with E-state index in [9.17, 15) is 4.79 Å². The van der Waals surface area contributed by atoms with Crippen molar-refractivity contribution in [2.24, 2.45) is 0 Å². The fourth-order valence-corrected chi connectivity index (χ4v) is 4.39. The minimum absolute atomic E-state index is 0.205. The Morgan fingerprint density at radius 2 is 1.77 bits per heavy atom. The smallest absolute Gasteiger partial charge is 0.255 e. The lowest BCUT2D eigenvalue weighted by Crippen LogP contribution is -2.44. The number of likely N-dealkylation sites (N-methyl/N-ethyl adjacent to an activating group) is 1. The van der Waals surface area contributed by atoms with Crippen LogP contribution < -0.4 is 19.7 Å². The number of anilines is 2. The maximum Gasteiger partial charge on any atom is 0.255 e. The number of carbonyl (C=O) groups excluding carboxylic acids is 1. The Balaban J connectivity index is 1.52. The average molecular weight is 444 g/mol. The zero-order valence-corrected chi connectivity index (χ0v) is 19.0. The van der Waals surface area contributed by atoms with Gasteiger partial charge in [-0.2, -0.15) is 0 Å². The number of nitrogens with zero attached hydrogens (tertiary/aromatic N) is 2. The van der Waals surface area contributed by atoms with E-state index in [1.165, 1.54) is 12.8 Å². The number of piperazine rings is 1. The van der Waals surface area contributed by atoms with Gasteiger partial charge < -0.3 is 24.6 Å². The second-order valence-electron chi connectivity index (χ2n) is 8.30. The van der Waals surface area contributed by atoms with E-state index in [1.54, 1.807) is 19.2 Å². The first-order valence-electron chi connectivity index (χ1n) is 10.9. The SMILES string of the molecule is COc1cc(C(=O)Nc2cc(Cl)ccc2N2CCN(C)CC2)ccc1OC1CCCC1. The zero-order chi connectivity index (χ0) is 21.8. The molecule has 0 spiro atoms. The average Bonchev–Trinajstić information content (AvgIpc) is 3.28. The molecule has 166 valence electrons. The number of hydrogen-bond acceptors (Lipinski definition) is 5. The number of hydrogen-bond donors (Lipinski definition) is 1. The Labute approximate surface area is 189 Å². The molecule has 7 heteroatoms. The molecule has 1 N–H and O–H groups in total. The van der Waals surface area contributed by atoms with Gasteiger partial charge in [0.25, 0.3) is 5.91 Å². The van der Waals surface area contributed by atoms with Gasteiger partial charge in [0.1, 0.15) is 0 Å². The van der Waals surface area contributed by atoms with Crippen LogP contribution in [0.2, 0.25) is 5.02 Å². The monoisotopic (exact) mass is 443 g/mol. The van der Waals surface area contributed by atoms with Gasteiger partial charge in [-0.1, -0.05) is 11.6 Å². The summed E-state index contributed by atoms with van der Waals surface area (Å²) in [6.07, 6.45) is 4.75. The van der Waals surface area contributed by atoms with Gasteiger partial charge in [-0.15, -0.1) is 0 Å². The molecule has 0 unspecified atom stereocenters. The third-order valence-electron chi connectivity index (χ3n) is 6.07. The van der Waals surface area contributed by atoms with Gasteiger partial charge in [0, 0.05) is 36.8 Å². The Kier molecular flexibility index (Phi) is 6.88. The van der Waals surface area contributed by atoms with Gasteiger partial charge in [0.15, 0.2) is 11.5 Å². The molecule has 0 radical (unpaired) electrons. The normalized spacial score (nSPS) is 17.6. The molecule has 2 aromatic carbocycles. The molecule has 1 amide bonds. The minimum Gasteiger partial charge on any atom is -0.493 e. The van der Waals surface area contributed by atoms with Crippen LogP contribution in [-0.4, -0.2) is 57.2 Å². The Morgan fingerprint density at radius 3 is 2.48 bits per heavy atom. The molecular weight excluding hydrogens is 414 g/mol. The molecule has 0 bridgehead atoms. The van der Waals surface area contributed by atoms with Gasteiger partial charge in [0.2, 0.25) is 0 Å². The molecule has 2 aliphatic rings. The molecule has 1 saturated carbocycles. The summed E-state index contributed by atoms with van der Waals surface area (Å²) in [4.78, 5) is 17.6. The molecular formula is C24H30ClN3O3. The van der Waals surface area contributed by atoms with Crippen molar-refractivity contribution in [1.82, 2.24) is 4.90 Å². The highest BCUT2D eigenvalue weighted by Crippen LogP contribution is 2.34. The summed E-state index contributed by atoms with van der Waals surface area (Å²) in [6, 6.07) is 11.0. The fourth-order valence-electron chi connectivity index (χ4n) is 4.22. The van der Waals surface area contributed by atoms with Crippen LogP contribution in [0, 0.1) is 0 Å². The molecule has 6 nitrogen and oxygen atoms in total. The van der Waals surface area contributed by atoms with E-state index in [0.717, 1.165) is 44.7 Å². The summed E-state index contributed by atoms with van der Waals surface area (Å²) in [6.45, 7) is 3.77. The number of halogens is 1. The highest BCUT2D eigenvalue weighted by Gasteiger charge is 2.21. The van der Waals surface area contributed by atoms with E-state index in [0.29, 0.717) is 27.8 Å². The summed E-state index contributed by atoms with van der Waals surface area (Å²) in [7, 11) is 3.72. The maximum absolute atomic E-state index is 13.1. The van der Waals surface area contributed by atoms with Crippen molar-refractivity contribution in [1.29, 1.82) is 0 Å². The van der Waals surface area contributed by atoms with Gasteiger partial charge in [-0.25, -0.2) is 0 Å². The lowest BCUT2D eigenvalue weighted by Gasteiger charge is -2.35. The lowest BCUT2D eigenvalue weighted by atomic mass is 10.1. The quantitative estimate of drug-likeness (QED) is 0.702. The van der Waals surface area contributed by atoms with Crippen LogP contribution in [0.25, 0.3) is 0 Å². The van der Waals surface area contributed by atoms with Gasteiger partial charge in [-0.05, 0) is 69.1 Å². The van der Waals surface area contributed by atoms with Gasteiger partial charge >= 0.3 is 0 Å². The first-order valence-corrected chi connectivity index (χ1v) is 11.3. The van der Waals surface area contributed by atoms with Crippen molar-refractivity contribution < 1.29 is 14.3 Å². The van der Waals surface area contributed by atoms with Crippen LogP contribution in [-0.2, 0) is 0 Å². The molecule has 2 aromatic rings. The number of carbonyl (C=O) groups is 1. The van der Waals surface area contributed by atoms with Crippen LogP contribution in [0.5, 0.6) is 11.5 Å². The van der Waals surface area contributed by atoms with E-state index in [4.69, 9.17) is 21.1 Å². The van der Waals surface area contributed by atoms with E-state index in [1.807, 2.05) is 24.3 Å². The Bertz CT molecular complexity index is 922. The van der Waals surface area contributed by atoms with Crippen LogP contribution in [0.1, 0.15) is 36.0 Å². The summed E-state index contributed by atoms with van der Waals surface area (Å²) < 4.78 is 11.6. The maximum atomic E-state index is 13.1. The molecule has 1 saturated heterocycles. The molecule has 1 aliphatic carbocycles. The number of nitrogens with one attached hydrogen (secondary N) is 1. The van der Waals surface area contributed by atoms with E-state index >= 15 is 0 Å². The van der Waals surface area contributed by atoms with E-state index in [-0.39, 0.29) is 12.0 Å². The third-order valence-corrected chi connectivity index (χ3v) is 6.31. The third kappa shape index (κ3) is 5.25. The summed E-state index contributed by atoms with van der Waals surface area (Å²) >= 11 is 6.24. The van der Waals surface area contributed by atoms with Crippen LogP contribution in [0.4, 0.5) is 11.4 Å². The highest BCUT2D eigenvalue weighted by molar-refractivity contribution is 6.31. The predicted molar refractivity (Wildman–Crippen MR) is 125 cm³/mol. The van der Waals surface area contributed by atoms with Crippen molar-refractivity contribution in [3.05, 3.63) is 47.0 Å². The molecule has 1 heterocycles. The number of ether oxygens (including phenoxy) is 2. The summed E-state index contributed by atoms with van der Waals surface area (Å²) in [5, 5.41) is 3.63. The lowest BCUT2D eigenvalue weighted by molar-refractivity contribution is 0.102.